The zero-order valence-electron chi connectivity index (χ0n) is 11.9. The van der Waals surface area contributed by atoms with E-state index in [1.54, 1.807) is 0 Å². The second-order valence-corrected chi connectivity index (χ2v) is 4.98. The zero-order chi connectivity index (χ0) is 15.4. The quantitative estimate of drug-likeness (QED) is 0.334. The average molecular weight is 292 g/mol. The van der Waals surface area contributed by atoms with Crippen LogP contribution in [-0.2, 0) is 6.61 Å². The predicted molar refractivity (Wildman–Crippen MR) is 87.2 cm³/mol. The van der Waals surface area contributed by atoms with Crippen molar-refractivity contribution >= 4 is 16.6 Å². The topological polar surface area (TPSA) is 67.8 Å². The summed E-state index contributed by atoms with van der Waals surface area (Å²) in [5, 5.41) is 13.8. The summed E-state index contributed by atoms with van der Waals surface area (Å²) in [5.41, 5.74) is 7.42. The van der Waals surface area contributed by atoms with Gasteiger partial charge in [-0.25, -0.2) is 0 Å². The van der Waals surface area contributed by atoms with Gasteiger partial charge in [0.2, 0.25) is 0 Å². The molecule has 0 saturated heterocycles. The summed E-state index contributed by atoms with van der Waals surface area (Å²) in [6.45, 7) is 0.536. The first-order chi connectivity index (χ1) is 10.8. The van der Waals surface area contributed by atoms with Gasteiger partial charge in [0.1, 0.15) is 12.4 Å². The maximum atomic E-state index is 8.73. The van der Waals surface area contributed by atoms with Crippen LogP contribution in [0.1, 0.15) is 11.1 Å². The Bertz CT molecular complexity index is 814. The maximum absolute atomic E-state index is 8.73. The Hall–Kier alpha value is -3.01. The molecule has 0 spiro atoms. The second-order valence-electron chi connectivity index (χ2n) is 4.98. The van der Waals surface area contributed by atoms with Gasteiger partial charge in [-0.15, -0.1) is 0 Å². The van der Waals surface area contributed by atoms with E-state index in [-0.39, 0.29) is 5.84 Å². The molecule has 0 saturated carbocycles. The van der Waals surface area contributed by atoms with Crippen molar-refractivity contribution in [2.75, 3.05) is 0 Å². The van der Waals surface area contributed by atoms with E-state index in [2.05, 4.69) is 5.16 Å². The first kappa shape index (κ1) is 13.9. The van der Waals surface area contributed by atoms with Gasteiger partial charge in [0.25, 0.3) is 0 Å². The lowest BCUT2D eigenvalue weighted by molar-refractivity contribution is 0.306. The van der Waals surface area contributed by atoms with Crippen molar-refractivity contribution in [1.29, 1.82) is 0 Å². The van der Waals surface area contributed by atoms with Crippen molar-refractivity contribution in [1.82, 2.24) is 0 Å². The maximum Gasteiger partial charge on any atom is 0.170 e. The van der Waals surface area contributed by atoms with Crippen LogP contribution < -0.4 is 10.5 Å². The highest BCUT2D eigenvalue weighted by atomic mass is 16.5. The molecule has 0 radical (unpaired) electrons. The van der Waals surface area contributed by atoms with Gasteiger partial charge >= 0.3 is 0 Å². The lowest BCUT2D eigenvalue weighted by Gasteiger charge is -2.08. The van der Waals surface area contributed by atoms with Gasteiger partial charge in [0.15, 0.2) is 5.84 Å². The van der Waals surface area contributed by atoms with Gasteiger partial charge < -0.3 is 15.7 Å². The summed E-state index contributed by atoms with van der Waals surface area (Å²) >= 11 is 0. The average Bonchev–Trinajstić information content (AvgIpc) is 2.59. The number of ether oxygens (including phenoxy) is 1. The van der Waals surface area contributed by atoms with Crippen molar-refractivity contribution in [2.45, 2.75) is 6.61 Å². The number of oxime groups is 1. The van der Waals surface area contributed by atoms with E-state index in [9.17, 15) is 0 Å². The van der Waals surface area contributed by atoms with Crippen molar-refractivity contribution in [3.63, 3.8) is 0 Å². The smallest absolute Gasteiger partial charge is 0.170 e. The molecule has 0 amide bonds. The Kier molecular flexibility index (Phi) is 3.92. The molecular weight excluding hydrogens is 276 g/mol. The molecule has 0 bridgehead atoms. The van der Waals surface area contributed by atoms with Crippen molar-refractivity contribution in [3.8, 4) is 5.75 Å². The highest BCUT2D eigenvalue weighted by Gasteiger charge is 2.03. The van der Waals surface area contributed by atoms with E-state index in [1.807, 2.05) is 66.7 Å². The molecule has 0 atom stereocenters. The van der Waals surface area contributed by atoms with Gasteiger partial charge in [0.05, 0.1) is 0 Å². The summed E-state index contributed by atoms with van der Waals surface area (Å²) in [6.07, 6.45) is 0. The highest BCUT2D eigenvalue weighted by Crippen LogP contribution is 2.22. The Morgan fingerprint density at radius 1 is 0.955 bits per heavy atom. The van der Waals surface area contributed by atoms with E-state index in [0.29, 0.717) is 12.2 Å². The lowest BCUT2D eigenvalue weighted by atomic mass is 10.1. The van der Waals surface area contributed by atoms with Crippen LogP contribution in [0.5, 0.6) is 5.75 Å². The molecule has 0 aliphatic rings. The minimum atomic E-state index is 0.103. The Balaban J connectivity index is 1.81. The SMILES string of the molecule is NC(=NO)c1ccc2cc(OCc3ccccc3)ccc2c1. The summed E-state index contributed by atoms with van der Waals surface area (Å²) < 4.78 is 5.81. The minimum absolute atomic E-state index is 0.103. The molecule has 0 heterocycles. The molecular formula is C18H16N2O2. The molecule has 3 aromatic carbocycles. The standard InChI is InChI=1S/C18H16N2O2/c19-18(20-21)16-7-6-15-11-17(9-8-14(15)10-16)22-12-13-4-2-1-3-5-13/h1-11,21H,12H2,(H2,19,20). The zero-order valence-corrected chi connectivity index (χ0v) is 11.9. The monoisotopic (exact) mass is 292 g/mol. The molecule has 3 aromatic rings. The second kappa shape index (κ2) is 6.18. The van der Waals surface area contributed by atoms with Gasteiger partial charge in [-0.1, -0.05) is 53.7 Å². The number of nitrogens with two attached hydrogens (primary N) is 1. The van der Waals surface area contributed by atoms with E-state index in [1.165, 1.54) is 0 Å². The van der Waals surface area contributed by atoms with Crippen LogP contribution in [0, 0.1) is 0 Å². The molecule has 22 heavy (non-hydrogen) atoms. The molecule has 3 rings (SSSR count). The van der Waals surface area contributed by atoms with Gasteiger partial charge in [-0.2, -0.15) is 0 Å². The number of hydrogen-bond donors (Lipinski definition) is 2. The van der Waals surface area contributed by atoms with E-state index >= 15 is 0 Å². The van der Waals surface area contributed by atoms with E-state index in [4.69, 9.17) is 15.7 Å². The summed E-state index contributed by atoms with van der Waals surface area (Å²) in [5.74, 6) is 0.916. The number of nitrogens with zero attached hydrogens (tertiary/aromatic N) is 1. The van der Waals surface area contributed by atoms with Crippen LogP contribution in [0.4, 0.5) is 0 Å². The number of fused-ring (bicyclic) bond motifs is 1. The van der Waals surface area contributed by atoms with Crippen LogP contribution in [0.3, 0.4) is 0 Å². The first-order valence-corrected chi connectivity index (χ1v) is 6.95. The number of rotatable bonds is 4. The molecule has 0 aliphatic heterocycles. The Morgan fingerprint density at radius 3 is 2.45 bits per heavy atom. The third kappa shape index (κ3) is 3.01. The van der Waals surface area contributed by atoms with Crippen LogP contribution >= 0.6 is 0 Å². The summed E-state index contributed by atoms with van der Waals surface area (Å²) in [6, 6.07) is 21.5. The largest absolute Gasteiger partial charge is 0.489 e. The fourth-order valence-electron chi connectivity index (χ4n) is 2.27. The molecule has 0 aliphatic carbocycles. The summed E-state index contributed by atoms with van der Waals surface area (Å²) in [4.78, 5) is 0. The Labute approximate surface area is 128 Å². The lowest BCUT2D eigenvalue weighted by Crippen LogP contribution is -2.12. The van der Waals surface area contributed by atoms with Gasteiger partial charge in [0, 0.05) is 5.56 Å². The highest BCUT2D eigenvalue weighted by molar-refractivity contribution is 6.00. The van der Waals surface area contributed by atoms with Crippen LogP contribution in [0.2, 0.25) is 0 Å². The van der Waals surface area contributed by atoms with Crippen molar-refractivity contribution in [2.24, 2.45) is 10.9 Å². The first-order valence-electron chi connectivity index (χ1n) is 6.95. The molecule has 4 heteroatoms. The molecule has 0 fully saturated rings. The van der Waals surface area contributed by atoms with Crippen molar-refractivity contribution < 1.29 is 9.94 Å². The Morgan fingerprint density at radius 2 is 1.68 bits per heavy atom. The molecule has 4 nitrogen and oxygen atoms in total. The normalized spacial score (nSPS) is 11.5. The number of benzene rings is 3. The number of amidine groups is 1. The van der Waals surface area contributed by atoms with Crippen LogP contribution in [0.15, 0.2) is 71.9 Å². The third-order valence-electron chi connectivity index (χ3n) is 3.46. The molecule has 0 unspecified atom stereocenters. The number of hydrogen-bond acceptors (Lipinski definition) is 3. The van der Waals surface area contributed by atoms with Gasteiger partial charge in [-0.3, -0.25) is 0 Å². The third-order valence-corrected chi connectivity index (χ3v) is 3.46. The molecule has 110 valence electrons. The summed E-state index contributed by atoms with van der Waals surface area (Å²) in [7, 11) is 0. The predicted octanol–water partition coefficient (Wildman–Crippen LogP) is 3.51. The fraction of sp³-hybridized carbons (Fsp3) is 0.0556. The molecule has 3 N–H and O–H groups in total. The van der Waals surface area contributed by atoms with Crippen LogP contribution in [0.25, 0.3) is 10.8 Å². The molecule has 0 aromatic heterocycles. The fourth-order valence-corrected chi connectivity index (χ4v) is 2.27. The van der Waals surface area contributed by atoms with E-state index in [0.717, 1.165) is 22.1 Å². The van der Waals surface area contributed by atoms with Crippen molar-refractivity contribution in [3.05, 3.63) is 77.9 Å². The minimum Gasteiger partial charge on any atom is -0.489 e. The van der Waals surface area contributed by atoms with E-state index < -0.39 is 0 Å². The van der Waals surface area contributed by atoms with Crippen LogP contribution in [-0.4, -0.2) is 11.0 Å². The van der Waals surface area contributed by atoms with Gasteiger partial charge in [-0.05, 0) is 34.5 Å².